The fourth-order valence-corrected chi connectivity index (χ4v) is 1.06. The fraction of sp³-hybridized carbons (Fsp3) is 0.500. The Balaban J connectivity index is 0.000000671. The van der Waals surface area contributed by atoms with Crippen LogP contribution in [0.1, 0.15) is 32.8 Å². The molecular formula is C12H21N. The number of hydrogen-bond acceptors (Lipinski definition) is 1. The minimum Gasteiger partial charge on any atom is -0.327 e. The molecule has 0 bridgehead atoms. The highest BCUT2D eigenvalue weighted by molar-refractivity contribution is 5.15. The third-order valence-electron chi connectivity index (χ3n) is 1.87. The summed E-state index contributed by atoms with van der Waals surface area (Å²) < 4.78 is 0. The van der Waals surface area contributed by atoms with E-state index >= 15 is 0 Å². The molecule has 0 saturated heterocycles. The van der Waals surface area contributed by atoms with Crippen molar-refractivity contribution in [1.82, 2.24) is 0 Å². The Bertz CT molecular complexity index is 194. The van der Waals surface area contributed by atoms with Gasteiger partial charge in [0.1, 0.15) is 0 Å². The molecule has 2 N–H and O–H groups in total. The molecule has 1 heteroatoms. The molecule has 1 unspecified atom stereocenters. The first-order valence-electron chi connectivity index (χ1n) is 5.12. The molecule has 1 atom stereocenters. The number of nitrogens with two attached hydrogens (primary N) is 1. The first-order chi connectivity index (χ1) is 6.33. The normalized spacial score (nSPS) is 11.4. The summed E-state index contributed by atoms with van der Waals surface area (Å²) in [6, 6.07) is 10.7. The van der Waals surface area contributed by atoms with Crippen LogP contribution in [0.4, 0.5) is 0 Å². The van der Waals surface area contributed by atoms with Crippen molar-refractivity contribution in [3.8, 4) is 0 Å². The van der Waals surface area contributed by atoms with Crippen molar-refractivity contribution in [2.45, 2.75) is 39.7 Å². The molecule has 74 valence electrons. The monoisotopic (exact) mass is 179 g/mol. The average Bonchev–Trinajstić information content (AvgIpc) is 2.22. The van der Waals surface area contributed by atoms with Crippen LogP contribution in [0.25, 0.3) is 0 Å². The van der Waals surface area contributed by atoms with Crippen molar-refractivity contribution in [1.29, 1.82) is 0 Å². The number of rotatable bonds is 3. The van der Waals surface area contributed by atoms with Gasteiger partial charge in [-0.1, -0.05) is 51.1 Å². The van der Waals surface area contributed by atoms with E-state index in [1.807, 2.05) is 19.9 Å². The predicted octanol–water partition coefficient (Wildman–Crippen LogP) is 2.99. The maximum Gasteiger partial charge on any atom is 0.00766 e. The minimum absolute atomic E-state index is 0.317. The van der Waals surface area contributed by atoms with E-state index in [1.165, 1.54) is 5.56 Å². The Morgan fingerprint density at radius 2 is 1.69 bits per heavy atom. The van der Waals surface area contributed by atoms with Crippen molar-refractivity contribution in [3.63, 3.8) is 0 Å². The summed E-state index contributed by atoms with van der Waals surface area (Å²) in [5, 5.41) is 0. The molecule has 1 nitrogen and oxygen atoms in total. The van der Waals surface area contributed by atoms with Gasteiger partial charge in [-0.25, -0.2) is 0 Å². The van der Waals surface area contributed by atoms with Gasteiger partial charge >= 0.3 is 0 Å². The second kappa shape index (κ2) is 7.81. The Hall–Kier alpha value is -0.820. The van der Waals surface area contributed by atoms with Crippen LogP contribution in [-0.4, -0.2) is 6.04 Å². The van der Waals surface area contributed by atoms with E-state index in [1.54, 1.807) is 0 Å². The van der Waals surface area contributed by atoms with Gasteiger partial charge in [0, 0.05) is 6.04 Å². The molecule has 1 aromatic rings. The zero-order chi connectivity index (χ0) is 10.1. The van der Waals surface area contributed by atoms with E-state index in [-0.39, 0.29) is 0 Å². The van der Waals surface area contributed by atoms with Gasteiger partial charge in [-0.3, -0.25) is 0 Å². The lowest BCUT2D eigenvalue weighted by atomic mass is 10.1. The topological polar surface area (TPSA) is 26.0 Å². The van der Waals surface area contributed by atoms with Crippen LogP contribution in [0.3, 0.4) is 0 Å². The van der Waals surface area contributed by atoms with E-state index in [0.717, 1.165) is 12.8 Å². The maximum absolute atomic E-state index is 5.80. The fourth-order valence-electron chi connectivity index (χ4n) is 1.06. The summed E-state index contributed by atoms with van der Waals surface area (Å²) in [6.45, 7) is 6.12. The highest BCUT2D eigenvalue weighted by Gasteiger charge is 1.98. The molecule has 0 aromatic heterocycles. The molecule has 0 radical (unpaired) electrons. The summed E-state index contributed by atoms with van der Waals surface area (Å²) in [6.07, 6.45) is 2.05. The van der Waals surface area contributed by atoms with Crippen molar-refractivity contribution in [2.24, 2.45) is 5.73 Å². The summed E-state index contributed by atoms with van der Waals surface area (Å²) >= 11 is 0. The van der Waals surface area contributed by atoms with Crippen LogP contribution in [0.15, 0.2) is 30.3 Å². The van der Waals surface area contributed by atoms with Gasteiger partial charge in [0.25, 0.3) is 0 Å². The van der Waals surface area contributed by atoms with Crippen LogP contribution >= 0.6 is 0 Å². The molecule has 0 amide bonds. The molecule has 0 aliphatic carbocycles. The Morgan fingerprint density at radius 3 is 2.15 bits per heavy atom. The first-order valence-corrected chi connectivity index (χ1v) is 5.12. The molecule has 1 rings (SSSR count). The summed E-state index contributed by atoms with van der Waals surface area (Å²) in [7, 11) is 0. The second-order valence-corrected chi connectivity index (χ2v) is 2.86. The molecule has 0 aliphatic rings. The highest BCUT2D eigenvalue weighted by atomic mass is 14.6. The zero-order valence-electron chi connectivity index (χ0n) is 8.96. The van der Waals surface area contributed by atoms with Crippen molar-refractivity contribution < 1.29 is 0 Å². The molecule has 0 spiro atoms. The predicted molar refractivity (Wildman–Crippen MR) is 59.8 cm³/mol. The summed E-state index contributed by atoms with van der Waals surface area (Å²) in [5.41, 5.74) is 7.14. The zero-order valence-corrected chi connectivity index (χ0v) is 8.96. The summed E-state index contributed by atoms with van der Waals surface area (Å²) in [4.78, 5) is 0. The van der Waals surface area contributed by atoms with Crippen LogP contribution in [0.5, 0.6) is 0 Å². The van der Waals surface area contributed by atoms with Gasteiger partial charge in [0.15, 0.2) is 0 Å². The number of benzene rings is 1. The molecule has 1 aromatic carbocycles. The minimum atomic E-state index is 0.317. The van der Waals surface area contributed by atoms with Gasteiger partial charge in [-0.15, -0.1) is 0 Å². The van der Waals surface area contributed by atoms with Crippen LogP contribution in [0, 0.1) is 0 Å². The Labute approximate surface area is 82.0 Å². The van der Waals surface area contributed by atoms with Gasteiger partial charge in [-0.05, 0) is 18.4 Å². The summed E-state index contributed by atoms with van der Waals surface area (Å²) in [5.74, 6) is 0. The van der Waals surface area contributed by atoms with Crippen molar-refractivity contribution in [3.05, 3.63) is 35.9 Å². The third kappa shape index (κ3) is 5.42. The van der Waals surface area contributed by atoms with Crippen molar-refractivity contribution in [2.75, 3.05) is 0 Å². The standard InChI is InChI=1S/C10H15N.C2H6/c1-2-10(11)8-9-6-4-3-5-7-9;1-2/h3-7,10H,2,8,11H2,1H3;1-2H3. The lowest BCUT2D eigenvalue weighted by Gasteiger charge is -2.07. The SMILES string of the molecule is CC.CCC(N)Cc1ccccc1. The molecular weight excluding hydrogens is 158 g/mol. The van der Waals surface area contributed by atoms with Gasteiger partial charge < -0.3 is 5.73 Å². The largest absolute Gasteiger partial charge is 0.327 e. The van der Waals surface area contributed by atoms with E-state index in [2.05, 4.69) is 31.2 Å². The van der Waals surface area contributed by atoms with Gasteiger partial charge in [0.2, 0.25) is 0 Å². The van der Waals surface area contributed by atoms with Gasteiger partial charge in [-0.2, -0.15) is 0 Å². The lowest BCUT2D eigenvalue weighted by molar-refractivity contribution is 0.646. The first kappa shape index (κ1) is 12.2. The highest BCUT2D eigenvalue weighted by Crippen LogP contribution is 2.02. The molecule has 13 heavy (non-hydrogen) atoms. The average molecular weight is 179 g/mol. The molecule has 0 saturated carbocycles. The van der Waals surface area contributed by atoms with Crippen LogP contribution < -0.4 is 5.73 Å². The van der Waals surface area contributed by atoms with Crippen LogP contribution in [-0.2, 0) is 6.42 Å². The van der Waals surface area contributed by atoms with Crippen molar-refractivity contribution >= 4 is 0 Å². The molecule has 0 aliphatic heterocycles. The Kier molecular flexibility index (Phi) is 7.32. The second-order valence-electron chi connectivity index (χ2n) is 2.86. The van der Waals surface area contributed by atoms with Gasteiger partial charge in [0.05, 0.1) is 0 Å². The van der Waals surface area contributed by atoms with Crippen LogP contribution in [0.2, 0.25) is 0 Å². The van der Waals surface area contributed by atoms with E-state index in [0.29, 0.717) is 6.04 Å². The van der Waals surface area contributed by atoms with E-state index in [9.17, 15) is 0 Å². The quantitative estimate of drug-likeness (QED) is 0.758. The Morgan fingerprint density at radius 1 is 1.15 bits per heavy atom. The number of hydrogen-bond donors (Lipinski definition) is 1. The molecule has 0 heterocycles. The smallest absolute Gasteiger partial charge is 0.00766 e. The lowest BCUT2D eigenvalue weighted by Crippen LogP contribution is -2.21. The van der Waals surface area contributed by atoms with E-state index < -0.39 is 0 Å². The van der Waals surface area contributed by atoms with E-state index in [4.69, 9.17) is 5.73 Å². The third-order valence-corrected chi connectivity index (χ3v) is 1.87. The molecule has 0 fully saturated rings. The maximum atomic E-state index is 5.80.